The van der Waals surface area contributed by atoms with Crippen LogP contribution in [-0.2, 0) is 4.79 Å². The first kappa shape index (κ1) is 15.3. The van der Waals surface area contributed by atoms with Gasteiger partial charge in [-0.1, -0.05) is 74.5 Å². The van der Waals surface area contributed by atoms with Crippen LogP contribution in [0.3, 0.4) is 0 Å². The normalized spacial score (nSPS) is 29.5. The summed E-state index contributed by atoms with van der Waals surface area (Å²) in [5.74, 6) is 0.0457. The molecular formula is C19H20ClNO. The average Bonchev–Trinajstić information content (AvgIpc) is 2.55. The summed E-state index contributed by atoms with van der Waals surface area (Å²) in [4.78, 5) is 12.8. The molecule has 0 N–H and O–H groups in total. The van der Waals surface area contributed by atoms with Crippen LogP contribution in [0.1, 0.15) is 37.1 Å². The highest BCUT2D eigenvalue weighted by Crippen LogP contribution is 2.47. The molecule has 3 rings (SSSR count). The predicted octanol–water partition coefficient (Wildman–Crippen LogP) is 4.78. The molecule has 114 valence electrons. The number of benzene rings is 2. The molecule has 4 atom stereocenters. The second kappa shape index (κ2) is 6.23. The molecule has 1 aliphatic rings. The van der Waals surface area contributed by atoms with Crippen LogP contribution in [0.2, 0.25) is 0 Å². The first-order chi connectivity index (χ1) is 10.6. The number of piperidine rings is 1. The van der Waals surface area contributed by atoms with Gasteiger partial charge in [0.25, 0.3) is 0 Å². The third kappa shape index (κ3) is 2.57. The molecule has 0 aliphatic carbocycles. The van der Waals surface area contributed by atoms with Crippen molar-refractivity contribution in [3.8, 4) is 0 Å². The van der Waals surface area contributed by atoms with E-state index in [0.717, 1.165) is 11.1 Å². The minimum atomic E-state index is -0.116. The molecule has 0 amide bonds. The first-order valence-electron chi connectivity index (χ1n) is 7.69. The van der Waals surface area contributed by atoms with Crippen molar-refractivity contribution in [3.63, 3.8) is 0 Å². The van der Waals surface area contributed by atoms with E-state index < -0.39 is 0 Å². The van der Waals surface area contributed by atoms with Gasteiger partial charge in [-0.25, -0.2) is 4.42 Å². The molecule has 1 aliphatic heterocycles. The second-order valence-electron chi connectivity index (χ2n) is 6.04. The van der Waals surface area contributed by atoms with E-state index in [9.17, 15) is 4.79 Å². The number of nitrogens with zero attached hydrogens (tertiary/aromatic N) is 1. The van der Waals surface area contributed by atoms with Gasteiger partial charge in [0.1, 0.15) is 5.78 Å². The lowest BCUT2D eigenvalue weighted by atomic mass is 9.76. The van der Waals surface area contributed by atoms with Crippen molar-refractivity contribution < 1.29 is 4.79 Å². The van der Waals surface area contributed by atoms with Gasteiger partial charge in [0.15, 0.2) is 0 Å². The summed E-state index contributed by atoms with van der Waals surface area (Å²) >= 11 is 6.75. The van der Waals surface area contributed by atoms with Crippen LogP contribution in [0.25, 0.3) is 0 Å². The van der Waals surface area contributed by atoms with E-state index in [1.54, 1.807) is 0 Å². The molecule has 2 nitrogen and oxygen atoms in total. The fourth-order valence-electron chi connectivity index (χ4n) is 3.49. The molecule has 0 bridgehead atoms. The topological polar surface area (TPSA) is 20.3 Å². The van der Waals surface area contributed by atoms with Gasteiger partial charge < -0.3 is 0 Å². The van der Waals surface area contributed by atoms with Crippen LogP contribution < -0.4 is 0 Å². The molecule has 1 saturated heterocycles. The molecule has 0 spiro atoms. The van der Waals surface area contributed by atoms with Crippen LogP contribution >= 0.6 is 11.8 Å². The van der Waals surface area contributed by atoms with Gasteiger partial charge >= 0.3 is 0 Å². The lowest BCUT2D eigenvalue weighted by molar-refractivity contribution is -0.134. The molecule has 0 aromatic heterocycles. The summed E-state index contributed by atoms with van der Waals surface area (Å²) in [7, 11) is 0. The molecule has 3 heteroatoms. The van der Waals surface area contributed by atoms with E-state index in [1.807, 2.05) is 78.9 Å². The summed E-state index contributed by atoms with van der Waals surface area (Å²) in [6, 6.07) is 19.9. The Bertz CT molecular complexity index is 587. The second-order valence-corrected chi connectivity index (χ2v) is 6.43. The van der Waals surface area contributed by atoms with Crippen molar-refractivity contribution >= 4 is 17.6 Å². The van der Waals surface area contributed by atoms with Crippen LogP contribution in [-0.4, -0.2) is 10.2 Å². The van der Waals surface area contributed by atoms with E-state index in [-0.39, 0.29) is 29.7 Å². The molecule has 1 heterocycles. The zero-order chi connectivity index (χ0) is 15.7. The monoisotopic (exact) mass is 313 g/mol. The Labute approximate surface area is 136 Å². The Morgan fingerprint density at radius 1 is 0.773 bits per heavy atom. The quantitative estimate of drug-likeness (QED) is 0.744. The van der Waals surface area contributed by atoms with Crippen molar-refractivity contribution in [1.29, 1.82) is 0 Å². The Kier molecular flexibility index (Phi) is 4.32. The number of halogens is 1. The lowest BCUT2D eigenvalue weighted by Crippen LogP contribution is -2.45. The van der Waals surface area contributed by atoms with Crippen molar-refractivity contribution in [3.05, 3.63) is 71.8 Å². The lowest BCUT2D eigenvalue weighted by Gasteiger charge is -2.44. The third-order valence-corrected chi connectivity index (χ3v) is 5.08. The maximum atomic E-state index is 12.8. The molecule has 2 aromatic rings. The zero-order valence-corrected chi connectivity index (χ0v) is 13.6. The van der Waals surface area contributed by atoms with Gasteiger partial charge in [-0.05, 0) is 22.9 Å². The minimum absolute atomic E-state index is 0.100. The minimum Gasteiger partial charge on any atom is -0.299 e. The fourth-order valence-corrected chi connectivity index (χ4v) is 4.05. The van der Waals surface area contributed by atoms with Gasteiger partial charge in [-0.3, -0.25) is 4.79 Å². The summed E-state index contributed by atoms with van der Waals surface area (Å²) in [5.41, 5.74) is 2.18. The number of carbonyl (C=O) groups excluding carboxylic acids is 1. The summed E-state index contributed by atoms with van der Waals surface area (Å²) in [6.45, 7) is 3.96. The summed E-state index contributed by atoms with van der Waals surface area (Å²) < 4.78 is 1.85. The smallest absolute Gasteiger partial charge is 0.142 e. The Morgan fingerprint density at radius 3 is 1.50 bits per heavy atom. The SMILES string of the molecule is CC1C(=O)C(C)C(c2ccccc2)N(Cl)C1c1ccccc1. The van der Waals surface area contributed by atoms with Crippen molar-refractivity contribution in [1.82, 2.24) is 4.42 Å². The Balaban J connectivity index is 2.03. The van der Waals surface area contributed by atoms with Crippen molar-refractivity contribution in [2.45, 2.75) is 25.9 Å². The van der Waals surface area contributed by atoms with E-state index in [2.05, 4.69) is 0 Å². The standard InChI is InChI=1S/C19H20ClNO/c1-13-17(15-9-5-3-6-10-15)21(20)18(14(2)19(13)22)16-11-7-4-8-12-16/h3-14,17-18H,1-2H3. The molecule has 0 radical (unpaired) electrons. The maximum absolute atomic E-state index is 12.8. The molecule has 22 heavy (non-hydrogen) atoms. The number of ketones is 1. The van der Waals surface area contributed by atoms with Crippen LogP contribution in [0, 0.1) is 11.8 Å². The van der Waals surface area contributed by atoms with Gasteiger partial charge in [0, 0.05) is 11.8 Å². The van der Waals surface area contributed by atoms with Crippen molar-refractivity contribution in [2.75, 3.05) is 0 Å². The van der Waals surface area contributed by atoms with Gasteiger partial charge in [0.05, 0.1) is 12.1 Å². The highest BCUT2D eigenvalue weighted by atomic mass is 35.5. The third-order valence-electron chi connectivity index (χ3n) is 4.66. The van der Waals surface area contributed by atoms with E-state index in [0.29, 0.717) is 0 Å². The van der Waals surface area contributed by atoms with Gasteiger partial charge in [0.2, 0.25) is 0 Å². The fraction of sp³-hybridized carbons (Fsp3) is 0.316. The van der Waals surface area contributed by atoms with Gasteiger partial charge in [-0.15, -0.1) is 0 Å². The number of hydrogen-bond acceptors (Lipinski definition) is 2. The maximum Gasteiger partial charge on any atom is 0.142 e. The Morgan fingerprint density at radius 2 is 1.14 bits per heavy atom. The highest BCUT2D eigenvalue weighted by Gasteiger charge is 2.45. The average molecular weight is 314 g/mol. The molecule has 0 saturated carbocycles. The van der Waals surface area contributed by atoms with Crippen molar-refractivity contribution in [2.24, 2.45) is 11.8 Å². The number of carbonyl (C=O) groups is 1. The predicted molar refractivity (Wildman–Crippen MR) is 89.4 cm³/mol. The molecule has 2 aromatic carbocycles. The molecular weight excluding hydrogens is 294 g/mol. The zero-order valence-electron chi connectivity index (χ0n) is 12.8. The van der Waals surface area contributed by atoms with Crippen LogP contribution in [0.4, 0.5) is 0 Å². The van der Waals surface area contributed by atoms with E-state index in [1.165, 1.54) is 0 Å². The summed E-state index contributed by atoms with van der Waals surface area (Å²) in [6.07, 6.45) is 0. The van der Waals surface area contributed by atoms with E-state index >= 15 is 0 Å². The number of rotatable bonds is 2. The largest absolute Gasteiger partial charge is 0.299 e. The number of Topliss-reactive ketones (excluding diaryl/α,β-unsaturated/α-hetero) is 1. The Hall–Kier alpha value is -1.64. The molecule has 1 fully saturated rings. The highest BCUT2D eigenvalue weighted by molar-refractivity contribution is 6.14. The van der Waals surface area contributed by atoms with E-state index in [4.69, 9.17) is 11.8 Å². The number of hydrogen-bond donors (Lipinski definition) is 0. The first-order valence-corrected chi connectivity index (χ1v) is 8.03. The molecule has 4 unspecified atom stereocenters. The summed E-state index contributed by atoms with van der Waals surface area (Å²) in [5, 5.41) is 0. The van der Waals surface area contributed by atoms with Crippen LogP contribution in [0.5, 0.6) is 0 Å². The van der Waals surface area contributed by atoms with Gasteiger partial charge in [-0.2, -0.15) is 0 Å². The van der Waals surface area contributed by atoms with Crippen LogP contribution in [0.15, 0.2) is 60.7 Å².